The molecule has 3 aliphatic carbocycles. The van der Waals surface area contributed by atoms with E-state index < -0.39 is 0 Å². The van der Waals surface area contributed by atoms with Gasteiger partial charge in [-0.25, -0.2) is 0 Å². The van der Waals surface area contributed by atoms with Crippen LogP contribution in [0.2, 0.25) is 0 Å². The number of Topliss-reactive ketones (excluding diaryl/α,β-unsaturated/α-hetero) is 2. The molecule has 3 unspecified atom stereocenters. The predicted molar refractivity (Wildman–Crippen MR) is 74.8 cm³/mol. The van der Waals surface area contributed by atoms with Gasteiger partial charge in [-0.15, -0.1) is 0 Å². The highest BCUT2D eigenvalue weighted by Gasteiger charge is 2.36. The SMILES string of the molecule is O=C1CCC(C2CCCC3CC(=O)CCC3C2)CC1. The number of carbonyl (C=O) groups excluding carboxylic acids is 2. The van der Waals surface area contributed by atoms with Crippen molar-refractivity contribution in [2.24, 2.45) is 23.7 Å². The number of fused-ring (bicyclic) bond motifs is 1. The van der Waals surface area contributed by atoms with Gasteiger partial charge < -0.3 is 0 Å². The fraction of sp³-hybridized carbons (Fsp3) is 0.882. The van der Waals surface area contributed by atoms with Crippen LogP contribution in [0.1, 0.15) is 70.6 Å². The molecule has 2 heteroatoms. The molecule has 3 atom stereocenters. The second-order valence-corrected chi connectivity index (χ2v) is 7.10. The quantitative estimate of drug-likeness (QED) is 0.717. The third-order valence-corrected chi connectivity index (χ3v) is 5.96. The summed E-state index contributed by atoms with van der Waals surface area (Å²) < 4.78 is 0. The number of hydrogen-bond acceptors (Lipinski definition) is 2. The molecule has 0 bridgehead atoms. The lowest BCUT2D eigenvalue weighted by molar-refractivity contribution is -0.123. The summed E-state index contributed by atoms with van der Waals surface area (Å²) in [5.41, 5.74) is 0. The van der Waals surface area contributed by atoms with Gasteiger partial charge in [0, 0.05) is 25.7 Å². The fourth-order valence-electron chi connectivity index (χ4n) is 4.80. The minimum atomic E-state index is 0.478. The Kier molecular flexibility index (Phi) is 4.04. The number of carbonyl (C=O) groups is 2. The third kappa shape index (κ3) is 3.09. The monoisotopic (exact) mass is 262 g/mol. The second-order valence-electron chi connectivity index (χ2n) is 7.10. The van der Waals surface area contributed by atoms with Crippen molar-refractivity contribution >= 4 is 11.6 Å². The fourth-order valence-corrected chi connectivity index (χ4v) is 4.80. The first-order chi connectivity index (χ1) is 9.22. The third-order valence-electron chi connectivity index (χ3n) is 5.96. The van der Waals surface area contributed by atoms with Gasteiger partial charge in [0.25, 0.3) is 0 Å². The van der Waals surface area contributed by atoms with E-state index in [0.717, 1.165) is 62.7 Å². The van der Waals surface area contributed by atoms with Crippen LogP contribution in [0.4, 0.5) is 0 Å². The minimum Gasteiger partial charge on any atom is -0.300 e. The molecule has 19 heavy (non-hydrogen) atoms. The Morgan fingerprint density at radius 1 is 0.632 bits per heavy atom. The van der Waals surface area contributed by atoms with E-state index in [9.17, 15) is 9.59 Å². The van der Waals surface area contributed by atoms with E-state index in [0.29, 0.717) is 17.5 Å². The zero-order valence-corrected chi connectivity index (χ0v) is 11.9. The van der Waals surface area contributed by atoms with Crippen LogP contribution in [0, 0.1) is 23.7 Å². The van der Waals surface area contributed by atoms with Gasteiger partial charge in [0.15, 0.2) is 0 Å². The smallest absolute Gasteiger partial charge is 0.133 e. The Bertz CT molecular complexity index is 350. The summed E-state index contributed by atoms with van der Waals surface area (Å²) in [4.78, 5) is 23.0. The van der Waals surface area contributed by atoms with Crippen molar-refractivity contribution in [1.29, 1.82) is 0 Å². The molecule has 0 saturated heterocycles. The highest BCUT2D eigenvalue weighted by atomic mass is 16.1. The van der Waals surface area contributed by atoms with Crippen LogP contribution in [-0.2, 0) is 9.59 Å². The van der Waals surface area contributed by atoms with E-state index >= 15 is 0 Å². The van der Waals surface area contributed by atoms with Gasteiger partial charge in [0.2, 0.25) is 0 Å². The van der Waals surface area contributed by atoms with Crippen LogP contribution in [0.5, 0.6) is 0 Å². The van der Waals surface area contributed by atoms with Crippen LogP contribution in [0.25, 0.3) is 0 Å². The van der Waals surface area contributed by atoms with Gasteiger partial charge in [0.1, 0.15) is 11.6 Å². The van der Waals surface area contributed by atoms with E-state index in [1.807, 2.05) is 0 Å². The van der Waals surface area contributed by atoms with Crippen LogP contribution in [-0.4, -0.2) is 11.6 Å². The van der Waals surface area contributed by atoms with Crippen molar-refractivity contribution in [2.45, 2.75) is 70.6 Å². The van der Waals surface area contributed by atoms with Crippen LogP contribution >= 0.6 is 0 Å². The average Bonchev–Trinajstić information content (AvgIpc) is 2.61. The number of hydrogen-bond donors (Lipinski definition) is 0. The maximum absolute atomic E-state index is 11.6. The van der Waals surface area contributed by atoms with Crippen molar-refractivity contribution < 1.29 is 9.59 Å². The predicted octanol–water partition coefficient (Wildman–Crippen LogP) is 3.92. The molecule has 0 amide bonds. The molecular weight excluding hydrogens is 236 g/mol. The minimum absolute atomic E-state index is 0.478. The molecule has 0 aromatic carbocycles. The molecule has 0 spiro atoms. The van der Waals surface area contributed by atoms with E-state index in [1.54, 1.807) is 0 Å². The molecule has 106 valence electrons. The summed E-state index contributed by atoms with van der Waals surface area (Å²) in [6.45, 7) is 0. The van der Waals surface area contributed by atoms with Crippen LogP contribution in [0.3, 0.4) is 0 Å². The van der Waals surface area contributed by atoms with E-state index in [2.05, 4.69) is 0 Å². The topological polar surface area (TPSA) is 34.1 Å². The normalized spacial score (nSPS) is 37.8. The second kappa shape index (κ2) is 5.76. The molecule has 0 radical (unpaired) electrons. The summed E-state index contributed by atoms with van der Waals surface area (Å²) in [6, 6.07) is 0. The first-order valence-corrected chi connectivity index (χ1v) is 8.26. The van der Waals surface area contributed by atoms with Crippen molar-refractivity contribution in [3.05, 3.63) is 0 Å². The number of ketones is 2. The van der Waals surface area contributed by atoms with Crippen molar-refractivity contribution in [3.8, 4) is 0 Å². The lowest BCUT2D eigenvalue weighted by atomic mass is 9.71. The van der Waals surface area contributed by atoms with E-state index in [1.165, 1.54) is 25.7 Å². The lowest BCUT2D eigenvalue weighted by Crippen LogP contribution is -2.27. The van der Waals surface area contributed by atoms with E-state index in [-0.39, 0.29) is 0 Å². The first kappa shape index (κ1) is 13.3. The molecule has 2 nitrogen and oxygen atoms in total. The largest absolute Gasteiger partial charge is 0.300 e. The Morgan fingerprint density at radius 3 is 2.00 bits per heavy atom. The van der Waals surface area contributed by atoms with Gasteiger partial charge in [-0.05, 0) is 55.8 Å². The Morgan fingerprint density at radius 2 is 1.21 bits per heavy atom. The van der Waals surface area contributed by atoms with Gasteiger partial charge in [-0.1, -0.05) is 12.8 Å². The van der Waals surface area contributed by atoms with Gasteiger partial charge in [-0.3, -0.25) is 9.59 Å². The van der Waals surface area contributed by atoms with Crippen molar-refractivity contribution in [3.63, 3.8) is 0 Å². The lowest BCUT2D eigenvalue weighted by Gasteiger charge is -2.34. The molecule has 0 aromatic heterocycles. The zero-order valence-electron chi connectivity index (χ0n) is 11.9. The summed E-state index contributed by atoms with van der Waals surface area (Å²) in [5.74, 6) is 4.12. The molecule has 0 aromatic rings. The molecular formula is C17H26O2. The molecule has 3 fully saturated rings. The molecule has 0 N–H and O–H groups in total. The average molecular weight is 262 g/mol. The summed E-state index contributed by atoms with van der Waals surface area (Å²) in [7, 11) is 0. The zero-order chi connectivity index (χ0) is 13.2. The van der Waals surface area contributed by atoms with Crippen LogP contribution in [0.15, 0.2) is 0 Å². The van der Waals surface area contributed by atoms with Gasteiger partial charge in [-0.2, -0.15) is 0 Å². The van der Waals surface area contributed by atoms with Gasteiger partial charge in [0.05, 0.1) is 0 Å². The van der Waals surface area contributed by atoms with Crippen LogP contribution < -0.4 is 0 Å². The standard InChI is InChI=1S/C17H26O2/c18-16-7-4-12(5-8-16)13-2-1-3-14-11-17(19)9-6-15(14)10-13/h12-15H,1-11H2. The Labute approximate surface area is 116 Å². The highest BCUT2D eigenvalue weighted by molar-refractivity contribution is 5.79. The Balaban J connectivity index is 1.61. The molecule has 0 aliphatic heterocycles. The van der Waals surface area contributed by atoms with Gasteiger partial charge >= 0.3 is 0 Å². The molecule has 3 saturated carbocycles. The summed E-state index contributed by atoms with van der Waals surface area (Å²) >= 11 is 0. The molecule has 3 aliphatic rings. The summed E-state index contributed by atoms with van der Waals surface area (Å²) in [5, 5.41) is 0. The molecule has 3 rings (SSSR count). The highest BCUT2D eigenvalue weighted by Crippen LogP contribution is 2.44. The first-order valence-electron chi connectivity index (χ1n) is 8.26. The Hall–Kier alpha value is -0.660. The molecule has 0 heterocycles. The van der Waals surface area contributed by atoms with Crippen molar-refractivity contribution in [2.75, 3.05) is 0 Å². The van der Waals surface area contributed by atoms with E-state index in [4.69, 9.17) is 0 Å². The maximum atomic E-state index is 11.6. The van der Waals surface area contributed by atoms with Crippen molar-refractivity contribution in [1.82, 2.24) is 0 Å². The number of rotatable bonds is 1. The maximum Gasteiger partial charge on any atom is 0.133 e. The summed E-state index contributed by atoms with van der Waals surface area (Å²) in [6.07, 6.45) is 12.0.